The van der Waals surface area contributed by atoms with Crippen LogP contribution in [0.15, 0.2) is 0 Å². The number of hydrogen-bond acceptors (Lipinski definition) is 3. The lowest BCUT2D eigenvalue weighted by molar-refractivity contribution is 0.0559. The number of nitrogens with zero attached hydrogens (tertiary/aromatic N) is 1. The Morgan fingerprint density at radius 2 is 1.88 bits per heavy atom. The molecule has 0 spiro atoms. The van der Waals surface area contributed by atoms with Crippen LogP contribution in [0.25, 0.3) is 0 Å². The van der Waals surface area contributed by atoms with Crippen LogP contribution in [0, 0.1) is 0 Å². The van der Waals surface area contributed by atoms with E-state index < -0.39 is 0 Å². The minimum absolute atomic E-state index is 0.423. The molecule has 0 radical (unpaired) electrons. The van der Waals surface area contributed by atoms with Crippen LogP contribution in [0.5, 0.6) is 0 Å². The van der Waals surface area contributed by atoms with E-state index in [2.05, 4.69) is 31.1 Å². The van der Waals surface area contributed by atoms with Crippen molar-refractivity contribution in [3.63, 3.8) is 0 Å². The first-order valence-corrected chi connectivity index (χ1v) is 7.29. The summed E-state index contributed by atoms with van der Waals surface area (Å²) in [7, 11) is 2.30. The van der Waals surface area contributed by atoms with Gasteiger partial charge >= 0.3 is 0 Å². The number of likely N-dealkylation sites (N-methyl/N-ethyl adjacent to an activating group) is 1. The summed E-state index contributed by atoms with van der Waals surface area (Å²) in [5.74, 6) is 0. The number of hydrogen-bond donors (Lipinski definition) is 1. The standard InChI is InChI=1S/C14H28N2O/c1-4-15-12-5-7-13(8-6-12)16(3)14-9-10-17-11(14)2/h11-15H,4-10H2,1-3H3. The lowest BCUT2D eigenvalue weighted by atomic mass is 9.89. The molecule has 17 heavy (non-hydrogen) atoms. The molecule has 0 bridgehead atoms. The van der Waals surface area contributed by atoms with Crippen molar-refractivity contribution in [3.8, 4) is 0 Å². The second-order valence-electron chi connectivity index (χ2n) is 5.66. The van der Waals surface area contributed by atoms with Gasteiger partial charge in [0.15, 0.2) is 0 Å². The van der Waals surface area contributed by atoms with Gasteiger partial charge in [-0.25, -0.2) is 0 Å². The van der Waals surface area contributed by atoms with Gasteiger partial charge in [0, 0.05) is 24.7 Å². The Balaban J connectivity index is 1.79. The van der Waals surface area contributed by atoms with Crippen molar-refractivity contribution in [2.75, 3.05) is 20.2 Å². The van der Waals surface area contributed by atoms with Gasteiger partial charge in [-0.05, 0) is 52.6 Å². The molecular formula is C14H28N2O. The van der Waals surface area contributed by atoms with Crippen molar-refractivity contribution in [1.29, 1.82) is 0 Å². The molecule has 1 N–H and O–H groups in total. The van der Waals surface area contributed by atoms with Crippen molar-refractivity contribution in [3.05, 3.63) is 0 Å². The molecule has 3 nitrogen and oxygen atoms in total. The van der Waals surface area contributed by atoms with Gasteiger partial charge in [0.1, 0.15) is 0 Å². The molecule has 2 aliphatic rings. The molecule has 1 aliphatic carbocycles. The summed E-state index contributed by atoms with van der Waals surface area (Å²) >= 11 is 0. The third kappa shape index (κ3) is 3.21. The van der Waals surface area contributed by atoms with Crippen LogP contribution >= 0.6 is 0 Å². The molecule has 3 heteroatoms. The predicted octanol–water partition coefficient (Wildman–Crippen LogP) is 2.02. The summed E-state index contributed by atoms with van der Waals surface area (Å²) in [6.45, 7) is 6.48. The summed E-state index contributed by atoms with van der Waals surface area (Å²) in [4.78, 5) is 2.60. The van der Waals surface area contributed by atoms with E-state index in [-0.39, 0.29) is 0 Å². The number of nitrogens with one attached hydrogen (secondary N) is 1. The summed E-state index contributed by atoms with van der Waals surface area (Å²) < 4.78 is 5.68. The SMILES string of the molecule is CCNC1CCC(N(C)C2CCOC2C)CC1. The van der Waals surface area contributed by atoms with Gasteiger partial charge in [0.05, 0.1) is 6.10 Å². The van der Waals surface area contributed by atoms with E-state index in [9.17, 15) is 0 Å². The van der Waals surface area contributed by atoms with Crippen LogP contribution in [0.2, 0.25) is 0 Å². The van der Waals surface area contributed by atoms with Gasteiger partial charge in [-0.3, -0.25) is 4.90 Å². The molecule has 0 amide bonds. The Labute approximate surface area is 106 Å². The van der Waals surface area contributed by atoms with Crippen LogP contribution in [0.3, 0.4) is 0 Å². The van der Waals surface area contributed by atoms with Crippen LogP contribution in [0.1, 0.15) is 46.0 Å². The topological polar surface area (TPSA) is 24.5 Å². The fourth-order valence-electron chi connectivity index (χ4n) is 3.50. The molecule has 2 atom stereocenters. The average molecular weight is 240 g/mol. The molecule has 1 aliphatic heterocycles. The zero-order valence-corrected chi connectivity index (χ0v) is 11.6. The maximum absolute atomic E-state index is 5.68. The lowest BCUT2D eigenvalue weighted by Gasteiger charge is -2.39. The van der Waals surface area contributed by atoms with Crippen LogP contribution in [0.4, 0.5) is 0 Å². The normalized spacial score (nSPS) is 38.8. The zero-order valence-electron chi connectivity index (χ0n) is 11.6. The second-order valence-corrected chi connectivity index (χ2v) is 5.66. The third-order valence-corrected chi connectivity index (χ3v) is 4.62. The highest BCUT2D eigenvalue weighted by atomic mass is 16.5. The van der Waals surface area contributed by atoms with E-state index in [4.69, 9.17) is 4.74 Å². The van der Waals surface area contributed by atoms with E-state index in [1.165, 1.54) is 32.1 Å². The van der Waals surface area contributed by atoms with Gasteiger partial charge in [-0.15, -0.1) is 0 Å². The summed E-state index contributed by atoms with van der Waals surface area (Å²) in [5.41, 5.74) is 0. The van der Waals surface area contributed by atoms with Gasteiger partial charge in [-0.2, -0.15) is 0 Å². The first-order valence-electron chi connectivity index (χ1n) is 7.29. The molecule has 1 heterocycles. The first kappa shape index (κ1) is 13.3. The molecule has 0 aromatic carbocycles. The Bertz CT molecular complexity index is 226. The largest absolute Gasteiger partial charge is 0.377 e. The fourth-order valence-corrected chi connectivity index (χ4v) is 3.50. The van der Waals surface area contributed by atoms with Crippen LogP contribution in [-0.2, 0) is 4.74 Å². The summed E-state index contributed by atoms with van der Waals surface area (Å²) in [5, 5.41) is 3.58. The smallest absolute Gasteiger partial charge is 0.0703 e. The highest BCUT2D eigenvalue weighted by molar-refractivity contribution is 4.88. The molecule has 2 rings (SSSR count). The maximum atomic E-state index is 5.68. The van der Waals surface area contributed by atoms with Crippen LogP contribution in [-0.4, -0.2) is 49.3 Å². The van der Waals surface area contributed by atoms with Gasteiger partial charge in [-0.1, -0.05) is 6.92 Å². The van der Waals surface area contributed by atoms with Crippen molar-refractivity contribution in [2.45, 2.75) is 70.2 Å². The third-order valence-electron chi connectivity index (χ3n) is 4.62. The molecule has 100 valence electrons. The van der Waals surface area contributed by atoms with Crippen molar-refractivity contribution < 1.29 is 4.74 Å². The lowest BCUT2D eigenvalue weighted by Crippen LogP contribution is -2.47. The van der Waals surface area contributed by atoms with E-state index >= 15 is 0 Å². The van der Waals surface area contributed by atoms with Gasteiger partial charge in [0.2, 0.25) is 0 Å². The van der Waals surface area contributed by atoms with Crippen LogP contribution < -0.4 is 5.32 Å². The highest BCUT2D eigenvalue weighted by Gasteiger charge is 2.33. The first-order chi connectivity index (χ1) is 8.22. The van der Waals surface area contributed by atoms with Gasteiger partial charge in [0.25, 0.3) is 0 Å². The monoisotopic (exact) mass is 240 g/mol. The second kappa shape index (κ2) is 6.17. The Hall–Kier alpha value is -0.120. The molecule has 0 aromatic heterocycles. The van der Waals surface area contributed by atoms with E-state index in [1.807, 2.05) is 0 Å². The molecule has 1 saturated heterocycles. The quantitative estimate of drug-likeness (QED) is 0.813. The molecule has 2 fully saturated rings. The molecule has 0 aromatic rings. The minimum Gasteiger partial charge on any atom is -0.377 e. The highest BCUT2D eigenvalue weighted by Crippen LogP contribution is 2.27. The number of ether oxygens (including phenoxy) is 1. The Kier molecular flexibility index (Phi) is 4.83. The average Bonchev–Trinajstić information content (AvgIpc) is 2.76. The number of rotatable bonds is 4. The molecule has 1 saturated carbocycles. The van der Waals surface area contributed by atoms with Crippen molar-refractivity contribution in [2.24, 2.45) is 0 Å². The Morgan fingerprint density at radius 3 is 2.41 bits per heavy atom. The van der Waals surface area contributed by atoms with Crippen molar-refractivity contribution >= 4 is 0 Å². The fraction of sp³-hybridized carbons (Fsp3) is 1.00. The predicted molar refractivity (Wildman–Crippen MR) is 71.3 cm³/mol. The molecular weight excluding hydrogens is 212 g/mol. The van der Waals surface area contributed by atoms with E-state index in [0.29, 0.717) is 12.1 Å². The summed E-state index contributed by atoms with van der Waals surface area (Å²) in [6, 6.07) is 2.19. The van der Waals surface area contributed by atoms with Crippen molar-refractivity contribution in [1.82, 2.24) is 10.2 Å². The summed E-state index contributed by atoms with van der Waals surface area (Å²) in [6.07, 6.45) is 7.00. The van der Waals surface area contributed by atoms with E-state index in [0.717, 1.165) is 25.2 Å². The maximum Gasteiger partial charge on any atom is 0.0703 e. The van der Waals surface area contributed by atoms with Gasteiger partial charge < -0.3 is 10.1 Å². The zero-order chi connectivity index (χ0) is 12.3. The molecule has 2 unspecified atom stereocenters. The van der Waals surface area contributed by atoms with E-state index in [1.54, 1.807) is 0 Å². The minimum atomic E-state index is 0.423. The Morgan fingerprint density at radius 1 is 1.18 bits per heavy atom.